The van der Waals surface area contributed by atoms with Gasteiger partial charge >= 0.3 is 0 Å². The van der Waals surface area contributed by atoms with E-state index in [1.165, 1.54) is 0 Å². The number of nitrogens with zero attached hydrogens (tertiary/aromatic N) is 2. The van der Waals surface area contributed by atoms with Crippen molar-refractivity contribution in [3.8, 4) is 5.75 Å². The van der Waals surface area contributed by atoms with Crippen LogP contribution in [-0.2, 0) is 0 Å². The summed E-state index contributed by atoms with van der Waals surface area (Å²) in [6, 6.07) is 3.54. The van der Waals surface area contributed by atoms with Crippen LogP contribution in [0.2, 0.25) is 5.15 Å². The van der Waals surface area contributed by atoms with Gasteiger partial charge in [-0.15, -0.1) is 0 Å². The van der Waals surface area contributed by atoms with E-state index in [1.807, 2.05) is 6.07 Å². The van der Waals surface area contributed by atoms with E-state index in [1.54, 1.807) is 12.3 Å². The lowest BCUT2D eigenvalue weighted by Crippen LogP contribution is -2.27. The summed E-state index contributed by atoms with van der Waals surface area (Å²) >= 11 is 5.74. The Hall–Kier alpha value is -0.800. The summed E-state index contributed by atoms with van der Waals surface area (Å²) in [5.74, 6) is 0.780. The molecule has 0 fully saturated rings. The van der Waals surface area contributed by atoms with Crippen molar-refractivity contribution in [2.24, 2.45) is 0 Å². The molecule has 1 aromatic rings. The highest BCUT2D eigenvalue weighted by atomic mass is 35.5. The molecule has 0 radical (unpaired) electrons. The molecule has 1 heterocycles. The molecule has 0 aliphatic carbocycles. The highest BCUT2D eigenvalue weighted by Gasteiger charge is 2.00. The second kappa shape index (κ2) is 6.64. The molecule has 1 aromatic heterocycles. The minimum atomic E-state index is 0.468. The molecule has 0 saturated carbocycles. The predicted octanol–water partition coefficient (Wildman–Crippen LogP) is 2.46. The first kappa shape index (κ1) is 12.3. The van der Waals surface area contributed by atoms with Crippen molar-refractivity contribution in [1.29, 1.82) is 0 Å². The molecule has 4 heteroatoms. The first-order valence-corrected chi connectivity index (χ1v) is 5.60. The molecule has 0 saturated heterocycles. The third kappa shape index (κ3) is 4.49. The van der Waals surface area contributed by atoms with Gasteiger partial charge in [-0.05, 0) is 19.2 Å². The van der Waals surface area contributed by atoms with Crippen molar-refractivity contribution < 1.29 is 4.74 Å². The highest BCUT2D eigenvalue weighted by molar-refractivity contribution is 6.29. The molecule has 3 nitrogen and oxygen atoms in total. The van der Waals surface area contributed by atoms with Gasteiger partial charge < -0.3 is 9.64 Å². The minimum Gasteiger partial charge on any atom is -0.492 e. The zero-order chi connectivity index (χ0) is 11.1. The summed E-state index contributed by atoms with van der Waals surface area (Å²) in [5, 5.41) is 0.468. The standard InChI is InChI=1S/C11H17ClN2O/c1-3-14(4-2)7-8-15-10-5-6-13-11(12)9-10/h5-6,9H,3-4,7-8H2,1-2H3. The molecule has 15 heavy (non-hydrogen) atoms. The van der Waals surface area contributed by atoms with Crippen LogP contribution in [0.15, 0.2) is 18.3 Å². The average Bonchev–Trinajstić information content (AvgIpc) is 2.25. The van der Waals surface area contributed by atoms with Gasteiger partial charge in [0.25, 0.3) is 0 Å². The lowest BCUT2D eigenvalue weighted by Gasteiger charge is -2.17. The van der Waals surface area contributed by atoms with Crippen molar-refractivity contribution in [2.75, 3.05) is 26.2 Å². The molecule has 0 aliphatic rings. The smallest absolute Gasteiger partial charge is 0.132 e. The average molecular weight is 229 g/mol. The molecule has 0 N–H and O–H groups in total. The van der Waals surface area contributed by atoms with Gasteiger partial charge in [0.15, 0.2) is 0 Å². The van der Waals surface area contributed by atoms with Crippen molar-refractivity contribution in [2.45, 2.75) is 13.8 Å². The summed E-state index contributed by atoms with van der Waals surface area (Å²) in [7, 11) is 0. The van der Waals surface area contributed by atoms with Crippen LogP contribution >= 0.6 is 11.6 Å². The van der Waals surface area contributed by atoms with E-state index in [0.717, 1.165) is 25.4 Å². The second-order valence-corrected chi connectivity index (χ2v) is 3.58. The van der Waals surface area contributed by atoms with Gasteiger partial charge in [-0.25, -0.2) is 4.98 Å². The minimum absolute atomic E-state index is 0.468. The molecule has 0 spiro atoms. The topological polar surface area (TPSA) is 25.4 Å². The second-order valence-electron chi connectivity index (χ2n) is 3.19. The van der Waals surface area contributed by atoms with Gasteiger partial charge in [0.05, 0.1) is 0 Å². The Labute approximate surface area is 96.0 Å². The maximum atomic E-state index is 5.74. The normalized spacial score (nSPS) is 10.7. The van der Waals surface area contributed by atoms with Crippen molar-refractivity contribution in [3.05, 3.63) is 23.5 Å². The van der Waals surface area contributed by atoms with Crippen LogP contribution in [0.3, 0.4) is 0 Å². The summed E-state index contributed by atoms with van der Waals surface area (Å²) in [6.07, 6.45) is 1.65. The summed E-state index contributed by atoms with van der Waals surface area (Å²) in [6.45, 7) is 8.02. The fourth-order valence-electron chi connectivity index (χ4n) is 1.31. The van der Waals surface area contributed by atoms with E-state index < -0.39 is 0 Å². The van der Waals surface area contributed by atoms with E-state index in [9.17, 15) is 0 Å². The van der Waals surface area contributed by atoms with Gasteiger partial charge in [0.2, 0.25) is 0 Å². The Morgan fingerprint density at radius 3 is 2.73 bits per heavy atom. The van der Waals surface area contributed by atoms with Crippen LogP contribution in [0.25, 0.3) is 0 Å². The number of rotatable bonds is 6. The molecule has 1 rings (SSSR count). The van der Waals surface area contributed by atoms with Gasteiger partial charge in [-0.3, -0.25) is 0 Å². The number of aromatic nitrogens is 1. The lowest BCUT2D eigenvalue weighted by atomic mass is 10.4. The van der Waals surface area contributed by atoms with Crippen LogP contribution in [0, 0.1) is 0 Å². The third-order valence-electron chi connectivity index (χ3n) is 2.27. The Balaban J connectivity index is 2.31. The Morgan fingerprint density at radius 2 is 2.13 bits per heavy atom. The van der Waals surface area contributed by atoms with Gasteiger partial charge in [0.1, 0.15) is 17.5 Å². The lowest BCUT2D eigenvalue weighted by molar-refractivity contribution is 0.222. The fraction of sp³-hybridized carbons (Fsp3) is 0.545. The maximum absolute atomic E-state index is 5.74. The van der Waals surface area contributed by atoms with Crippen LogP contribution in [0.1, 0.15) is 13.8 Å². The van der Waals surface area contributed by atoms with Gasteiger partial charge in [-0.2, -0.15) is 0 Å². The summed E-state index contributed by atoms with van der Waals surface area (Å²) in [5.41, 5.74) is 0. The van der Waals surface area contributed by atoms with Gasteiger partial charge in [0, 0.05) is 18.8 Å². The number of likely N-dealkylation sites (N-methyl/N-ethyl adjacent to an activating group) is 1. The molecular formula is C11H17ClN2O. The van der Waals surface area contributed by atoms with Crippen LogP contribution in [0.5, 0.6) is 5.75 Å². The van der Waals surface area contributed by atoms with E-state index in [0.29, 0.717) is 11.8 Å². The molecule has 0 unspecified atom stereocenters. The summed E-state index contributed by atoms with van der Waals surface area (Å²) in [4.78, 5) is 6.20. The highest BCUT2D eigenvalue weighted by Crippen LogP contribution is 2.14. The molecule has 0 bridgehead atoms. The summed E-state index contributed by atoms with van der Waals surface area (Å²) < 4.78 is 5.55. The fourth-order valence-corrected chi connectivity index (χ4v) is 1.47. The quantitative estimate of drug-likeness (QED) is 0.700. The van der Waals surface area contributed by atoms with E-state index >= 15 is 0 Å². The number of hydrogen-bond donors (Lipinski definition) is 0. The molecule has 0 amide bonds. The molecule has 0 aromatic carbocycles. The zero-order valence-electron chi connectivity index (χ0n) is 9.24. The monoisotopic (exact) mass is 228 g/mol. The number of hydrogen-bond acceptors (Lipinski definition) is 3. The van der Waals surface area contributed by atoms with E-state index in [2.05, 4.69) is 23.7 Å². The van der Waals surface area contributed by atoms with Crippen LogP contribution in [-0.4, -0.2) is 36.1 Å². The predicted molar refractivity (Wildman–Crippen MR) is 62.5 cm³/mol. The van der Waals surface area contributed by atoms with Crippen molar-refractivity contribution in [3.63, 3.8) is 0 Å². The number of pyridine rings is 1. The van der Waals surface area contributed by atoms with Crippen molar-refractivity contribution >= 4 is 11.6 Å². The van der Waals surface area contributed by atoms with Gasteiger partial charge in [-0.1, -0.05) is 25.4 Å². The van der Waals surface area contributed by atoms with E-state index in [-0.39, 0.29) is 0 Å². The first-order chi connectivity index (χ1) is 7.26. The molecule has 0 aliphatic heterocycles. The number of ether oxygens (including phenoxy) is 1. The van der Waals surface area contributed by atoms with Crippen molar-refractivity contribution in [1.82, 2.24) is 9.88 Å². The Bertz CT molecular complexity index is 290. The molecule has 84 valence electrons. The largest absolute Gasteiger partial charge is 0.492 e. The van der Waals surface area contributed by atoms with Crippen LogP contribution < -0.4 is 4.74 Å². The number of halogens is 1. The zero-order valence-corrected chi connectivity index (χ0v) is 10.00. The Morgan fingerprint density at radius 1 is 1.40 bits per heavy atom. The SMILES string of the molecule is CCN(CC)CCOc1ccnc(Cl)c1. The van der Waals surface area contributed by atoms with E-state index in [4.69, 9.17) is 16.3 Å². The van der Waals surface area contributed by atoms with Crippen LogP contribution in [0.4, 0.5) is 0 Å². The Kier molecular flexibility index (Phi) is 5.43. The maximum Gasteiger partial charge on any atom is 0.132 e. The molecular weight excluding hydrogens is 212 g/mol. The first-order valence-electron chi connectivity index (χ1n) is 5.23. The third-order valence-corrected chi connectivity index (χ3v) is 2.48. The molecule has 0 atom stereocenters.